The molecule has 92 valence electrons. The van der Waals surface area contributed by atoms with E-state index in [0.717, 1.165) is 17.1 Å². The monoisotopic (exact) mass is 234 g/mol. The molecule has 0 saturated heterocycles. The Morgan fingerprint density at radius 1 is 1.29 bits per heavy atom. The van der Waals surface area contributed by atoms with Crippen molar-refractivity contribution < 1.29 is 5.11 Å². The van der Waals surface area contributed by atoms with Gasteiger partial charge in [0.1, 0.15) is 6.10 Å². The van der Waals surface area contributed by atoms with Gasteiger partial charge in [0, 0.05) is 19.3 Å². The molecule has 1 unspecified atom stereocenters. The molecule has 0 radical (unpaired) electrons. The van der Waals surface area contributed by atoms with Crippen LogP contribution in [-0.4, -0.2) is 24.7 Å². The number of nitrogens with zero attached hydrogens (tertiary/aromatic N) is 4. The highest BCUT2D eigenvalue weighted by Gasteiger charge is 2.20. The van der Waals surface area contributed by atoms with Crippen LogP contribution in [0.3, 0.4) is 0 Å². The van der Waals surface area contributed by atoms with Crippen LogP contribution in [0.5, 0.6) is 0 Å². The lowest BCUT2D eigenvalue weighted by Gasteiger charge is -2.16. The molecular weight excluding hydrogens is 216 g/mol. The van der Waals surface area contributed by atoms with Crippen molar-refractivity contribution in [2.75, 3.05) is 0 Å². The lowest BCUT2D eigenvalue weighted by atomic mass is 10.1. The minimum Gasteiger partial charge on any atom is -0.380 e. The van der Waals surface area contributed by atoms with E-state index in [1.54, 1.807) is 10.9 Å². The van der Waals surface area contributed by atoms with Gasteiger partial charge in [0.05, 0.1) is 17.1 Å². The summed E-state index contributed by atoms with van der Waals surface area (Å²) in [5.41, 5.74) is 2.48. The highest BCUT2D eigenvalue weighted by Crippen LogP contribution is 2.23. The van der Waals surface area contributed by atoms with Gasteiger partial charge in [0.15, 0.2) is 0 Å². The molecule has 5 nitrogen and oxygen atoms in total. The Labute approximate surface area is 101 Å². The average Bonchev–Trinajstić information content (AvgIpc) is 2.83. The Hall–Kier alpha value is -1.62. The van der Waals surface area contributed by atoms with Crippen molar-refractivity contribution in [1.82, 2.24) is 19.6 Å². The second kappa shape index (κ2) is 4.33. The molecule has 0 saturated carbocycles. The smallest absolute Gasteiger partial charge is 0.137 e. The van der Waals surface area contributed by atoms with Gasteiger partial charge in [-0.25, -0.2) is 0 Å². The number of aryl methyl sites for hydroxylation is 2. The maximum absolute atomic E-state index is 10.4. The summed E-state index contributed by atoms with van der Waals surface area (Å²) < 4.78 is 3.53. The quantitative estimate of drug-likeness (QED) is 0.877. The molecule has 2 rings (SSSR count). The van der Waals surface area contributed by atoms with Crippen LogP contribution in [0.2, 0.25) is 0 Å². The van der Waals surface area contributed by atoms with Crippen molar-refractivity contribution in [3.63, 3.8) is 0 Å². The third-order valence-corrected chi connectivity index (χ3v) is 2.79. The summed E-state index contributed by atoms with van der Waals surface area (Å²) in [6, 6.07) is 3.96. The fraction of sp³-hybridized carbons (Fsp3) is 0.500. The van der Waals surface area contributed by atoms with Crippen molar-refractivity contribution in [3.8, 4) is 0 Å². The van der Waals surface area contributed by atoms with E-state index in [9.17, 15) is 5.11 Å². The summed E-state index contributed by atoms with van der Waals surface area (Å²) in [5, 5.41) is 18.9. The van der Waals surface area contributed by atoms with Gasteiger partial charge >= 0.3 is 0 Å². The zero-order valence-electron chi connectivity index (χ0n) is 10.6. The Morgan fingerprint density at radius 3 is 2.53 bits per heavy atom. The van der Waals surface area contributed by atoms with Crippen molar-refractivity contribution in [1.29, 1.82) is 0 Å². The normalized spacial score (nSPS) is 13.3. The van der Waals surface area contributed by atoms with Crippen LogP contribution in [0.25, 0.3) is 0 Å². The molecule has 0 bridgehead atoms. The van der Waals surface area contributed by atoms with Gasteiger partial charge < -0.3 is 5.11 Å². The average molecular weight is 234 g/mol. The van der Waals surface area contributed by atoms with Gasteiger partial charge in [-0.15, -0.1) is 0 Å². The van der Waals surface area contributed by atoms with Crippen molar-refractivity contribution in [3.05, 3.63) is 35.4 Å². The van der Waals surface area contributed by atoms with E-state index in [2.05, 4.69) is 10.2 Å². The van der Waals surface area contributed by atoms with E-state index in [1.807, 2.05) is 44.6 Å². The zero-order chi connectivity index (χ0) is 12.6. The maximum atomic E-state index is 10.4. The number of aliphatic hydroxyl groups is 1. The first-order valence-electron chi connectivity index (χ1n) is 5.72. The second-order valence-corrected chi connectivity index (χ2v) is 4.53. The summed E-state index contributed by atoms with van der Waals surface area (Å²) in [6.07, 6.45) is 1.02. The molecule has 0 aliphatic carbocycles. The molecule has 0 aliphatic heterocycles. The molecule has 2 aromatic heterocycles. The second-order valence-electron chi connectivity index (χ2n) is 4.53. The standard InChI is InChI=1S/C12H18N4O/c1-8(2)16-10(5-6-13-16)12(17)11-7-9(3)14-15(11)4/h5-8,12,17H,1-4H3. The predicted molar refractivity (Wildman–Crippen MR) is 64.6 cm³/mol. The summed E-state index contributed by atoms with van der Waals surface area (Å²) in [5.74, 6) is 0. The fourth-order valence-corrected chi connectivity index (χ4v) is 2.01. The molecule has 0 aromatic carbocycles. The number of hydrogen-bond donors (Lipinski definition) is 1. The van der Waals surface area contributed by atoms with Crippen LogP contribution in [0.15, 0.2) is 18.3 Å². The third kappa shape index (κ3) is 2.10. The number of rotatable bonds is 3. The summed E-state index contributed by atoms with van der Waals surface area (Å²) in [6.45, 7) is 5.99. The van der Waals surface area contributed by atoms with Gasteiger partial charge in [0.2, 0.25) is 0 Å². The van der Waals surface area contributed by atoms with Crippen molar-refractivity contribution in [2.45, 2.75) is 32.9 Å². The molecule has 0 amide bonds. The summed E-state index contributed by atoms with van der Waals surface area (Å²) >= 11 is 0. The minimum absolute atomic E-state index is 0.226. The zero-order valence-corrected chi connectivity index (χ0v) is 10.6. The number of hydrogen-bond acceptors (Lipinski definition) is 3. The van der Waals surface area contributed by atoms with Gasteiger partial charge in [-0.3, -0.25) is 9.36 Å². The summed E-state index contributed by atoms with van der Waals surface area (Å²) in [4.78, 5) is 0. The highest BCUT2D eigenvalue weighted by atomic mass is 16.3. The van der Waals surface area contributed by atoms with Gasteiger partial charge in [-0.05, 0) is 32.9 Å². The molecule has 2 heterocycles. The number of aromatic nitrogens is 4. The Morgan fingerprint density at radius 2 is 2.00 bits per heavy atom. The van der Waals surface area contributed by atoms with Gasteiger partial charge in [0.25, 0.3) is 0 Å². The lowest BCUT2D eigenvalue weighted by Crippen LogP contribution is -2.14. The fourth-order valence-electron chi connectivity index (χ4n) is 2.01. The minimum atomic E-state index is -0.689. The van der Waals surface area contributed by atoms with Gasteiger partial charge in [-0.2, -0.15) is 10.2 Å². The first-order chi connectivity index (χ1) is 8.00. The van der Waals surface area contributed by atoms with Crippen LogP contribution in [0.1, 0.15) is 43.1 Å². The van der Waals surface area contributed by atoms with E-state index in [-0.39, 0.29) is 6.04 Å². The molecule has 5 heteroatoms. The molecule has 0 fully saturated rings. The SMILES string of the molecule is Cc1cc(C(O)c2ccnn2C(C)C)n(C)n1. The lowest BCUT2D eigenvalue weighted by molar-refractivity contribution is 0.195. The molecular formula is C12H18N4O. The van der Waals surface area contributed by atoms with Crippen LogP contribution in [0, 0.1) is 6.92 Å². The molecule has 17 heavy (non-hydrogen) atoms. The molecule has 1 atom stereocenters. The molecule has 0 aliphatic rings. The largest absolute Gasteiger partial charge is 0.380 e. The van der Waals surface area contributed by atoms with Crippen LogP contribution in [0.4, 0.5) is 0 Å². The van der Waals surface area contributed by atoms with E-state index < -0.39 is 6.10 Å². The van der Waals surface area contributed by atoms with Crippen LogP contribution < -0.4 is 0 Å². The Bertz CT molecular complexity index is 512. The van der Waals surface area contributed by atoms with E-state index in [0.29, 0.717) is 0 Å². The highest BCUT2D eigenvalue weighted by molar-refractivity contribution is 5.21. The Kier molecular flexibility index (Phi) is 3.02. The number of aliphatic hydroxyl groups excluding tert-OH is 1. The first-order valence-corrected chi connectivity index (χ1v) is 5.72. The topological polar surface area (TPSA) is 55.9 Å². The first kappa shape index (κ1) is 11.9. The predicted octanol–water partition coefficient (Wildman–Crippen LogP) is 1.59. The molecule has 1 N–H and O–H groups in total. The van der Waals surface area contributed by atoms with Crippen LogP contribution in [-0.2, 0) is 7.05 Å². The van der Waals surface area contributed by atoms with E-state index >= 15 is 0 Å². The summed E-state index contributed by atoms with van der Waals surface area (Å²) in [7, 11) is 1.83. The third-order valence-electron chi connectivity index (χ3n) is 2.79. The van der Waals surface area contributed by atoms with Crippen molar-refractivity contribution in [2.24, 2.45) is 7.05 Å². The molecule has 0 spiro atoms. The van der Waals surface area contributed by atoms with Crippen molar-refractivity contribution >= 4 is 0 Å². The Balaban J connectivity index is 2.40. The van der Waals surface area contributed by atoms with E-state index in [4.69, 9.17) is 0 Å². The van der Waals surface area contributed by atoms with Crippen LogP contribution >= 0.6 is 0 Å². The van der Waals surface area contributed by atoms with Gasteiger partial charge in [-0.1, -0.05) is 0 Å². The van der Waals surface area contributed by atoms with E-state index in [1.165, 1.54) is 0 Å². The maximum Gasteiger partial charge on any atom is 0.137 e. The molecule has 2 aromatic rings.